The quantitative estimate of drug-likeness (QED) is 0.825. The van der Waals surface area contributed by atoms with Gasteiger partial charge in [0.05, 0.1) is 13.8 Å². The lowest BCUT2D eigenvalue weighted by molar-refractivity contribution is 0.256. The third-order valence-corrected chi connectivity index (χ3v) is 2.87. The molecular formula is C12H18FN3O. The van der Waals surface area contributed by atoms with Crippen molar-refractivity contribution in [2.75, 3.05) is 45.3 Å². The zero-order valence-electron chi connectivity index (χ0n) is 10.0. The van der Waals surface area contributed by atoms with E-state index < -0.39 is 0 Å². The maximum atomic E-state index is 13.4. The normalized spacial score (nSPS) is 16.8. The largest absolute Gasteiger partial charge is 0.494 e. The lowest BCUT2D eigenvalue weighted by Crippen LogP contribution is -2.45. The number of piperazine rings is 1. The molecule has 2 N–H and O–H groups in total. The number of ether oxygens (including phenoxy) is 1. The van der Waals surface area contributed by atoms with Gasteiger partial charge in [0, 0.05) is 37.9 Å². The lowest BCUT2D eigenvalue weighted by Gasteiger charge is -2.27. The SMILES string of the molecule is COc1ccc(NCN2CCNCC2)cc1F. The number of benzene rings is 1. The van der Waals surface area contributed by atoms with Crippen molar-refractivity contribution in [2.24, 2.45) is 0 Å². The Labute approximate surface area is 101 Å². The topological polar surface area (TPSA) is 36.5 Å². The van der Waals surface area contributed by atoms with Crippen LogP contribution in [0.15, 0.2) is 18.2 Å². The third kappa shape index (κ3) is 3.31. The predicted octanol–water partition coefficient (Wildman–Crippen LogP) is 1.11. The van der Waals surface area contributed by atoms with Crippen molar-refractivity contribution >= 4 is 5.69 Å². The van der Waals surface area contributed by atoms with Crippen molar-refractivity contribution in [3.63, 3.8) is 0 Å². The average molecular weight is 239 g/mol. The van der Waals surface area contributed by atoms with Crippen molar-refractivity contribution < 1.29 is 9.13 Å². The summed E-state index contributed by atoms with van der Waals surface area (Å²) in [6.07, 6.45) is 0. The zero-order chi connectivity index (χ0) is 12.1. The van der Waals surface area contributed by atoms with Gasteiger partial charge in [0.1, 0.15) is 0 Å². The van der Waals surface area contributed by atoms with Crippen LogP contribution in [0, 0.1) is 5.82 Å². The maximum Gasteiger partial charge on any atom is 0.167 e. The Bertz CT molecular complexity index is 367. The van der Waals surface area contributed by atoms with Gasteiger partial charge in [-0.3, -0.25) is 4.90 Å². The molecule has 17 heavy (non-hydrogen) atoms. The van der Waals surface area contributed by atoms with Crippen LogP contribution in [0.1, 0.15) is 0 Å². The Morgan fingerprint density at radius 2 is 2.18 bits per heavy atom. The predicted molar refractivity (Wildman–Crippen MR) is 65.9 cm³/mol. The van der Waals surface area contributed by atoms with Crippen molar-refractivity contribution in [1.82, 2.24) is 10.2 Å². The molecule has 0 radical (unpaired) electrons. The van der Waals surface area contributed by atoms with Crippen LogP contribution in [-0.2, 0) is 0 Å². The van der Waals surface area contributed by atoms with Crippen LogP contribution in [-0.4, -0.2) is 44.9 Å². The van der Waals surface area contributed by atoms with E-state index in [0.29, 0.717) is 0 Å². The first-order chi connectivity index (χ1) is 8.29. The Hall–Kier alpha value is -1.33. The summed E-state index contributed by atoms with van der Waals surface area (Å²) < 4.78 is 18.3. The van der Waals surface area contributed by atoms with Gasteiger partial charge in [0.2, 0.25) is 0 Å². The van der Waals surface area contributed by atoms with Gasteiger partial charge >= 0.3 is 0 Å². The van der Waals surface area contributed by atoms with Crippen LogP contribution < -0.4 is 15.4 Å². The molecule has 0 saturated carbocycles. The van der Waals surface area contributed by atoms with Crippen LogP contribution in [0.5, 0.6) is 5.75 Å². The second-order valence-electron chi connectivity index (χ2n) is 4.05. The van der Waals surface area contributed by atoms with E-state index in [-0.39, 0.29) is 11.6 Å². The molecule has 1 aliphatic heterocycles. The van der Waals surface area contributed by atoms with E-state index in [1.807, 2.05) is 6.07 Å². The van der Waals surface area contributed by atoms with Crippen LogP contribution >= 0.6 is 0 Å². The molecule has 1 heterocycles. The third-order valence-electron chi connectivity index (χ3n) is 2.87. The summed E-state index contributed by atoms with van der Waals surface area (Å²) in [6, 6.07) is 4.92. The number of hydrogen-bond donors (Lipinski definition) is 2. The average Bonchev–Trinajstić information content (AvgIpc) is 2.38. The molecule has 0 amide bonds. The highest BCUT2D eigenvalue weighted by Crippen LogP contribution is 2.20. The van der Waals surface area contributed by atoms with Gasteiger partial charge in [-0.25, -0.2) is 4.39 Å². The highest BCUT2D eigenvalue weighted by Gasteiger charge is 2.09. The molecule has 0 atom stereocenters. The van der Waals surface area contributed by atoms with Crippen LogP contribution in [0.4, 0.5) is 10.1 Å². The van der Waals surface area contributed by atoms with E-state index in [2.05, 4.69) is 15.5 Å². The Morgan fingerprint density at radius 3 is 2.82 bits per heavy atom. The summed E-state index contributed by atoms with van der Waals surface area (Å²) in [5.74, 6) is -0.0597. The van der Waals surface area contributed by atoms with Crippen molar-refractivity contribution in [1.29, 1.82) is 0 Å². The minimum absolute atomic E-state index is 0.276. The number of nitrogens with one attached hydrogen (secondary N) is 2. The molecule has 0 aromatic heterocycles. The first kappa shape index (κ1) is 12.1. The molecule has 4 nitrogen and oxygen atoms in total. The number of hydrogen-bond acceptors (Lipinski definition) is 4. The molecule has 0 bridgehead atoms. The van der Waals surface area contributed by atoms with Crippen molar-refractivity contribution in [3.8, 4) is 5.75 Å². The maximum absolute atomic E-state index is 13.4. The molecule has 1 aromatic rings. The smallest absolute Gasteiger partial charge is 0.167 e. The second-order valence-corrected chi connectivity index (χ2v) is 4.05. The summed E-state index contributed by atoms with van der Waals surface area (Å²) in [7, 11) is 1.46. The summed E-state index contributed by atoms with van der Waals surface area (Å²) in [4.78, 5) is 2.29. The molecule has 1 fully saturated rings. The summed E-state index contributed by atoms with van der Waals surface area (Å²) in [6.45, 7) is 4.81. The minimum atomic E-state index is -0.335. The molecular weight excluding hydrogens is 221 g/mol. The van der Waals surface area contributed by atoms with E-state index >= 15 is 0 Å². The Kier molecular flexibility index (Phi) is 4.17. The molecule has 1 aromatic carbocycles. The van der Waals surface area contributed by atoms with E-state index in [4.69, 9.17) is 4.74 Å². The van der Waals surface area contributed by atoms with Gasteiger partial charge in [0.15, 0.2) is 11.6 Å². The fraction of sp³-hybridized carbons (Fsp3) is 0.500. The first-order valence-electron chi connectivity index (χ1n) is 5.80. The van der Waals surface area contributed by atoms with E-state index in [1.165, 1.54) is 13.2 Å². The van der Waals surface area contributed by atoms with Crippen molar-refractivity contribution in [3.05, 3.63) is 24.0 Å². The van der Waals surface area contributed by atoms with Gasteiger partial charge in [-0.2, -0.15) is 0 Å². The molecule has 0 spiro atoms. The van der Waals surface area contributed by atoms with Gasteiger partial charge in [0.25, 0.3) is 0 Å². The highest BCUT2D eigenvalue weighted by molar-refractivity contribution is 5.47. The van der Waals surface area contributed by atoms with Gasteiger partial charge in [-0.1, -0.05) is 0 Å². The van der Waals surface area contributed by atoms with Crippen LogP contribution in [0.3, 0.4) is 0 Å². The highest BCUT2D eigenvalue weighted by atomic mass is 19.1. The van der Waals surface area contributed by atoms with Gasteiger partial charge < -0.3 is 15.4 Å². The Balaban J connectivity index is 1.87. The number of halogens is 1. The fourth-order valence-corrected chi connectivity index (χ4v) is 1.85. The number of anilines is 1. The molecule has 2 rings (SSSR count). The number of nitrogens with zero attached hydrogens (tertiary/aromatic N) is 1. The van der Waals surface area contributed by atoms with E-state index in [1.54, 1.807) is 6.07 Å². The molecule has 1 saturated heterocycles. The second kappa shape index (κ2) is 5.84. The van der Waals surface area contributed by atoms with E-state index in [9.17, 15) is 4.39 Å². The molecule has 0 unspecified atom stereocenters. The summed E-state index contributed by atoms with van der Waals surface area (Å²) >= 11 is 0. The number of rotatable bonds is 4. The number of methoxy groups -OCH3 is 1. The molecule has 5 heteroatoms. The molecule has 94 valence electrons. The molecule has 0 aliphatic carbocycles. The molecule has 1 aliphatic rings. The zero-order valence-corrected chi connectivity index (χ0v) is 10.0. The minimum Gasteiger partial charge on any atom is -0.494 e. The van der Waals surface area contributed by atoms with Crippen LogP contribution in [0.2, 0.25) is 0 Å². The summed E-state index contributed by atoms with van der Waals surface area (Å²) in [5, 5.41) is 6.50. The van der Waals surface area contributed by atoms with E-state index in [0.717, 1.165) is 38.5 Å². The summed E-state index contributed by atoms with van der Waals surface area (Å²) in [5.41, 5.74) is 0.779. The lowest BCUT2D eigenvalue weighted by atomic mass is 10.3. The Morgan fingerprint density at radius 1 is 1.41 bits per heavy atom. The van der Waals surface area contributed by atoms with Crippen LogP contribution in [0.25, 0.3) is 0 Å². The van der Waals surface area contributed by atoms with Crippen molar-refractivity contribution in [2.45, 2.75) is 0 Å². The van der Waals surface area contributed by atoms with Gasteiger partial charge in [-0.15, -0.1) is 0 Å². The monoisotopic (exact) mass is 239 g/mol. The fourth-order valence-electron chi connectivity index (χ4n) is 1.85. The first-order valence-corrected chi connectivity index (χ1v) is 5.80. The standard InChI is InChI=1S/C12H18FN3O/c1-17-12-3-2-10(8-11(12)13)15-9-16-6-4-14-5-7-16/h2-3,8,14-15H,4-7,9H2,1H3. The van der Waals surface area contributed by atoms with Gasteiger partial charge in [-0.05, 0) is 12.1 Å².